The minimum Gasteiger partial charge on any atom is -0.340 e. The standard InChI is InChI=1S/C24H32N4O3/c29-21(19-8-9-19)27-13-4-7-20(17-27)28-22(30)24(25-23(28)31)11-15-26(16-12-24)14-10-18-5-2-1-3-6-18/h1-3,5-6,19-20H,4,7-17H2,(H,25,31)/t20-/m0/s1. The summed E-state index contributed by atoms with van der Waals surface area (Å²) in [5.41, 5.74) is 0.560. The molecule has 31 heavy (non-hydrogen) atoms. The molecule has 1 aliphatic carbocycles. The third kappa shape index (κ3) is 4.07. The van der Waals surface area contributed by atoms with Crippen LogP contribution in [0.25, 0.3) is 0 Å². The predicted molar refractivity (Wildman–Crippen MR) is 116 cm³/mol. The SMILES string of the molecule is O=C(C1CC1)N1CCC[C@H](N2C(=O)NC3(CCN(CCc4ccccc4)CC3)C2=O)C1. The Labute approximate surface area is 183 Å². The Morgan fingerprint density at radius 3 is 2.48 bits per heavy atom. The van der Waals surface area contributed by atoms with Gasteiger partial charge in [-0.15, -0.1) is 0 Å². The number of piperidine rings is 2. The van der Waals surface area contributed by atoms with E-state index in [-0.39, 0.29) is 29.8 Å². The van der Waals surface area contributed by atoms with E-state index in [0.717, 1.165) is 58.3 Å². The highest BCUT2D eigenvalue weighted by Gasteiger charge is 2.54. The molecular formula is C24H32N4O3. The molecule has 1 atom stereocenters. The van der Waals surface area contributed by atoms with Crippen molar-refractivity contribution in [1.82, 2.24) is 20.0 Å². The Morgan fingerprint density at radius 2 is 1.77 bits per heavy atom. The summed E-state index contributed by atoms with van der Waals surface area (Å²) >= 11 is 0. The lowest BCUT2D eigenvalue weighted by atomic mass is 9.87. The first-order valence-electron chi connectivity index (χ1n) is 11.8. The second-order valence-corrected chi connectivity index (χ2v) is 9.62. The first-order valence-corrected chi connectivity index (χ1v) is 11.8. The van der Waals surface area contributed by atoms with E-state index < -0.39 is 5.54 Å². The molecule has 3 aliphatic heterocycles. The van der Waals surface area contributed by atoms with E-state index in [1.807, 2.05) is 11.0 Å². The van der Waals surface area contributed by atoms with Crippen LogP contribution in [0.15, 0.2) is 30.3 Å². The molecular weight excluding hydrogens is 392 g/mol. The second-order valence-electron chi connectivity index (χ2n) is 9.62. The van der Waals surface area contributed by atoms with Crippen LogP contribution in [0.1, 0.15) is 44.1 Å². The third-order valence-electron chi connectivity index (χ3n) is 7.46. The number of carbonyl (C=O) groups is 3. The van der Waals surface area contributed by atoms with Crippen LogP contribution in [-0.2, 0) is 16.0 Å². The lowest BCUT2D eigenvalue weighted by Crippen LogP contribution is -2.56. The maximum atomic E-state index is 13.4. The van der Waals surface area contributed by atoms with Crippen LogP contribution >= 0.6 is 0 Å². The zero-order valence-electron chi connectivity index (χ0n) is 18.1. The number of amides is 4. The monoisotopic (exact) mass is 424 g/mol. The number of nitrogens with zero attached hydrogens (tertiary/aromatic N) is 3. The van der Waals surface area contributed by atoms with Gasteiger partial charge in [0.1, 0.15) is 5.54 Å². The van der Waals surface area contributed by atoms with Crippen molar-refractivity contribution in [3.8, 4) is 0 Å². The number of rotatable bonds is 5. The van der Waals surface area contributed by atoms with Crippen molar-refractivity contribution in [1.29, 1.82) is 0 Å². The molecule has 1 N–H and O–H groups in total. The average molecular weight is 425 g/mol. The number of benzene rings is 1. The van der Waals surface area contributed by atoms with Gasteiger partial charge in [0.25, 0.3) is 5.91 Å². The summed E-state index contributed by atoms with van der Waals surface area (Å²) in [6.45, 7) is 3.82. The van der Waals surface area contributed by atoms with Gasteiger partial charge < -0.3 is 15.1 Å². The number of carbonyl (C=O) groups excluding carboxylic acids is 3. The van der Waals surface area contributed by atoms with Crippen molar-refractivity contribution in [2.75, 3.05) is 32.7 Å². The van der Waals surface area contributed by atoms with Gasteiger partial charge in [0.05, 0.1) is 6.04 Å². The molecule has 7 nitrogen and oxygen atoms in total. The molecule has 1 aromatic carbocycles. The lowest BCUT2D eigenvalue weighted by Gasteiger charge is -2.39. The van der Waals surface area contributed by atoms with Crippen LogP contribution in [0.4, 0.5) is 4.79 Å². The number of likely N-dealkylation sites (tertiary alicyclic amines) is 2. The number of nitrogens with one attached hydrogen (secondary N) is 1. The van der Waals surface area contributed by atoms with Crippen LogP contribution in [0.2, 0.25) is 0 Å². The first kappa shape index (κ1) is 20.5. The molecule has 1 aromatic rings. The average Bonchev–Trinajstić information content (AvgIpc) is 3.61. The summed E-state index contributed by atoms with van der Waals surface area (Å²) in [5.74, 6) is 0.303. The third-order valence-corrected chi connectivity index (χ3v) is 7.46. The molecule has 0 bridgehead atoms. The summed E-state index contributed by atoms with van der Waals surface area (Å²) in [7, 11) is 0. The fourth-order valence-electron chi connectivity index (χ4n) is 5.36. The molecule has 3 heterocycles. The van der Waals surface area contributed by atoms with E-state index in [0.29, 0.717) is 19.4 Å². The normalized spacial score (nSPS) is 26.4. The Bertz CT molecular complexity index is 846. The van der Waals surface area contributed by atoms with Crippen molar-refractivity contribution in [2.45, 2.75) is 56.5 Å². The Kier molecular flexibility index (Phi) is 5.46. The van der Waals surface area contributed by atoms with Crippen molar-refractivity contribution in [3.05, 3.63) is 35.9 Å². The van der Waals surface area contributed by atoms with Crippen molar-refractivity contribution in [3.63, 3.8) is 0 Å². The van der Waals surface area contributed by atoms with Gasteiger partial charge in [0, 0.05) is 38.6 Å². The summed E-state index contributed by atoms with van der Waals surface area (Å²) in [6, 6.07) is 9.98. The fraction of sp³-hybridized carbons (Fsp3) is 0.625. The summed E-state index contributed by atoms with van der Waals surface area (Å²) in [5, 5.41) is 3.05. The largest absolute Gasteiger partial charge is 0.340 e. The minimum atomic E-state index is -0.761. The maximum absolute atomic E-state index is 13.4. The number of hydrogen-bond acceptors (Lipinski definition) is 4. The number of hydrogen-bond donors (Lipinski definition) is 1. The zero-order chi connectivity index (χ0) is 21.4. The van der Waals surface area contributed by atoms with Gasteiger partial charge in [-0.2, -0.15) is 0 Å². The highest BCUT2D eigenvalue weighted by Crippen LogP contribution is 2.35. The van der Waals surface area contributed by atoms with Gasteiger partial charge in [0.2, 0.25) is 5.91 Å². The molecule has 4 aliphatic rings. The van der Waals surface area contributed by atoms with Crippen molar-refractivity contribution >= 4 is 17.8 Å². The molecule has 7 heteroatoms. The second kappa shape index (κ2) is 8.26. The molecule has 0 aromatic heterocycles. The molecule has 1 saturated carbocycles. The summed E-state index contributed by atoms with van der Waals surface area (Å²) < 4.78 is 0. The topological polar surface area (TPSA) is 73.0 Å². The molecule has 4 amide bonds. The molecule has 3 saturated heterocycles. The van der Waals surface area contributed by atoms with Crippen molar-refractivity contribution < 1.29 is 14.4 Å². The van der Waals surface area contributed by atoms with Gasteiger partial charge in [-0.05, 0) is 50.5 Å². The highest BCUT2D eigenvalue weighted by molar-refractivity contribution is 6.07. The van der Waals surface area contributed by atoms with E-state index in [1.165, 1.54) is 10.5 Å². The molecule has 166 valence electrons. The Balaban J connectivity index is 1.18. The van der Waals surface area contributed by atoms with Crippen molar-refractivity contribution in [2.24, 2.45) is 5.92 Å². The number of urea groups is 1. The molecule has 5 rings (SSSR count). The fourth-order valence-corrected chi connectivity index (χ4v) is 5.36. The molecule has 4 fully saturated rings. The summed E-state index contributed by atoms with van der Waals surface area (Å²) in [6.07, 6.45) is 5.89. The highest BCUT2D eigenvalue weighted by atomic mass is 16.2. The van der Waals surface area contributed by atoms with E-state index in [9.17, 15) is 14.4 Å². The van der Waals surface area contributed by atoms with E-state index in [2.05, 4.69) is 34.5 Å². The quantitative estimate of drug-likeness (QED) is 0.734. The predicted octanol–water partition coefficient (Wildman–Crippen LogP) is 2.02. The number of imide groups is 1. The molecule has 0 radical (unpaired) electrons. The van der Waals surface area contributed by atoms with Crippen LogP contribution in [0, 0.1) is 5.92 Å². The van der Waals surface area contributed by atoms with E-state index in [1.54, 1.807) is 0 Å². The van der Waals surface area contributed by atoms with Gasteiger partial charge in [0.15, 0.2) is 0 Å². The zero-order valence-corrected chi connectivity index (χ0v) is 18.1. The minimum absolute atomic E-state index is 0.0778. The van der Waals surface area contributed by atoms with Crippen LogP contribution in [0.3, 0.4) is 0 Å². The van der Waals surface area contributed by atoms with Crippen LogP contribution < -0.4 is 5.32 Å². The van der Waals surface area contributed by atoms with Gasteiger partial charge in [-0.1, -0.05) is 30.3 Å². The molecule has 0 unspecified atom stereocenters. The molecule has 1 spiro atoms. The Morgan fingerprint density at radius 1 is 1.03 bits per heavy atom. The van der Waals surface area contributed by atoms with Gasteiger partial charge in [-0.3, -0.25) is 14.5 Å². The van der Waals surface area contributed by atoms with E-state index in [4.69, 9.17) is 0 Å². The van der Waals surface area contributed by atoms with Crippen LogP contribution in [-0.4, -0.2) is 76.8 Å². The smallest absolute Gasteiger partial charge is 0.325 e. The van der Waals surface area contributed by atoms with E-state index >= 15 is 0 Å². The lowest BCUT2D eigenvalue weighted by molar-refractivity contribution is -0.139. The first-order chi connectivity index (χ1) is 15.1. The van der Waals surface area contributed by atoms with Crippen LogP contribution in [0.5, 0.6) is 0 Å². The Hall–Kier alpha value is -2.41. The maximum Gasteiger partial charge on any atom is 0.325 e. The van der Waals surface area contributed by atoms with Gasteiger partial charge in [-0.25, -0.2) is 4.79 Å². The summed E-state index contributed by atoms with van der Waals surface area (Å²) in [4.78, 5) is 44.5. The van der Waals surface area contributed by atoms with Gasteiger partial charge >= 0.3 is 6.03 Å².